The van der Waals surface area contributed by atoms with E-state index in [9.17, 15) is 18.4 Å². The molecule has 2 atom stereocenters. The molecule has 8 nitrogen and oxygen atoms in total. The van der Waals surface area contributed by atoms with E-state index in [4.69, 9.17) is 36.0 Å². The summed E-state index contributed by atoms with van der Waals surface area (Å²) in [5, 5.41) is 18.3. The van der Waals surface area contributed by atoms with Gasteiger partial charge in [-0.3, -0.25) is 9.59 Å². The Hall–Kier alpha value is -7.27. The van der Waals surface area contributed by atoms with Gasteiger partial charge in [0.25, 0.3) is 0 Å². The summed E-state index contributed by atoms with van der Waals surface area (Å²) < 4.78 is 50.3. The highest BCUT2D eigenvalue weighted by molar-refractivity contribution is 6.17. The molecule has 378 valence electrons. The molecule has 0 saturated heterocycles. The number of methoxy groups -OCH3 is 3. The van der Waals surface area contributed by atoms with Crippen molar-refractivity contribution in [3.05, 3.63) is 166 Å². The standard InChI is InChI=1S/C30H31FO4.C18H20ClFO.C13H14O3/c1-6-7-22(17-29(32)33)21-9-11-23(12-10-21)35-19-20-8-14-27(30(2,3)4)25(16-20)26-18-24(34-5)13-15-28(26)31;1-18(2,3)16-7-5-12(11-19)9-14(16)15-10-13(21-4)6-8-17(15)20;1-3-4-11(9-13(15)16-2)10-5-7-12(14)8-6-10/h8-16,18,22H,17,19H2,1-5H3,(H,32,33);5-10H,11H2,1-4H3;5-8,11,14H,9H2,1-2H3/t22-;;11-/m1.1/s1. The summed E-state index contributed by atoms with van der Waals surface area (Å²) in [6.45, 7) is 16.4. The van der Waals surface area contributed by atoms with Crippen LogP contribution >= 0.6 is 11.6 Å². The van der Waals surface area contributed by atoms with E-state index in [2.05, 4.69) is 70.0 Å². The molecule has 0 amide bonds. The summed E-state index contributed by atoms with van der Waals surface area (Å²) >= 11 is 5.93. The lowest BCUT2D eigenvalue weighted by Crippen LogP contribution is -2.13. The zero-order valence-electron chi connectivity index (χ0n) is 43.0. The molecule has 0 spiro atoms. The lowest BCUT2D eigenvalue weighted by Gasteiger charge is -2.24. The Morgan fingerprint density at radius 2 is 1.01 bits per heavy atom. The fraction of sp³-hybridized carbons (Fsp3) is 0.311. The molecule has 0 aliphatic carbocycles. The first-order valence-corrected chi connectivity index (χ1v) is 23.8. The maximum Gasteiger partial charge on any atom is 0.307 e. The van der Waals surface area contributed by atoms with E-state index in [1.807, 2.05) is 60.7 Å². The van der Waals surface area contributed by atoms with Gasteiger partial charge in [0.05, 0.1) is 46.0 Å². The normalized spacial score (nSPS) is 11.6. The van der Waals surface area contributed by atoms with Gasteiger partial charge in [-0.05, 0) is 142 Å². The highest BCUT2D eigenvalue weighted by Gasteiger charge is 2.23. The Bertz CT molecular complexity index is 2890. The molecule has 0 fully saturated rings. The van der Waals surface area contributed by atoms with Gasteiger partial charge in [-0.15, -0.1) is 23.4 Å². The lowest BCUT2D eigenvalue weighted by molar-refractivity contribution is -0.141. The Labute approximate surface area is 429 Å². The van der Waals surface area contributed by atoms with Crippen LogP contribution in [0.1, 0.15) is 113 Å². The number of aromatic hydroxyl groups is 1. The molecule has 0 radical (unpaired) electrons. The van der Waals surface area contributed by atoms with E-state index >= 15 is 0 Å². The molecule has 11 heteroatoms. The number of carboxylic acid groups (broad SMARTS) is 1. The Kier molecular flexibility index (Phi) is 21.3. The molecule has 0 saturated carbocycles. The van der Waals surface area contributed by atoms with Crippen LogP contribution in [0.3, 0.4) is 0 Å². The minimum absolute atomic E-state index is 0.0508. The molecule has 6 aromatic rings. The zero-order valence-corrected chi connectivity index (χ0v) is 43.8. The predicted octanol–water partition coefficient (Wildman–Crippen LogP) is 14.6. The van der Waals surface area contributed by atoms with Crippen LogP contribution in [0, 0.1) is 35.3 Å². The van der Waals surface area contributed by atoms with Crippen molar-refractivity contribution in [1.82, 2.24) is 0 Å². The van der Waals surface area contributed by atoms with E-state index < -0.39 is 5.97 Å². The third-order valence-electron chi connectivity index (χ3n) is 11.5. The third kappa shape index (κ3) is 16.7. The van der Waals surface area contributed by atoms with Gasteiger partial charge in [0, 0.05) is 17.0 Å². The molecule has 2 N–H and O–H groups in total. The number of alkyl halides is 1. The number of esters is 1. The highest BCUT2D eigenvalue weighted by atomic mass is 35.5. The van der Waals surface area contributed by atoms with Gasteiger partial charge >= 0.3 is 11.9 Å². The van der Waals surface area contributed by atoms with Crippen molar-refractivity contribution in [2.45, 2.75) is 103 Å². The average molecular weight is 1000 g/mol. The van der Waals surface area contributed by atoms with E-state index in [-0.39, 0.29) is 58.9 Å². The number of phenols is 1. The number of carbonyl (C=O) groups excluding carboxylic acids is 1. The van der Waals surface area contributed by atoms with Gasteiger partial charge in [0.2, 0.25) is 0 Å². The van der Waals surface area contributed by atoms with Crippen LogP contribution in [0.15, 0.2) is 121 Å². The number of hydrogen-bond donors (Lipinski definition) is 2. The Morgan fingerprint density at radius 3 is 1.43 bits per heavy atom. The minimum Gasteiger partial charge on any atom is -0.508 e. The maximum absolute atomic E-state index is 14.8. The average Bonchev–Trinajstić information content (AvgIpc) is 3.35. The number of hydrogen-bond acceptors (Lipinski definition) is 7. The maximum atomic E-state index is 14.8. The number of rotatable bonds is 14. The van der Waals surface area contributed by atoms with E-state index in [1.165, 1.54) is 19.2 Å². The lowest BCUT2D eigenvalue weighted by atomic mass is 9.81. The van der Waals surface area contributed by atoms with Crippen LogP contribution in [0.2, 0.25) is 0 Å². The number of aliphatic carboxylic acids is 1. The molecule has 0 bridgehead atoms. The van der Waals surface area contributed by atoms with Gasteiger partial charge in [-0.2, -0.15) is 0 Å². The zero-order chi connectivity index (χ0) is 53.2. The van der Waals surface area contributed by atoms with E-state index in [1.54, 1.807) is 76.6 Å². The smallest absolute Gasteiger partial charge is 0.307 e. The molecule has 0 unspecified atom stereocenters. The summed E-state index contributed by atoms with van der Waals surface area (Å²) in [6, 6.07) is 35.5. The van der Waals surface area contributed by atoms with Gasteiger partial charge in [0.15, 0.2) is 0 Å². The predicted molar refractivity (Wildman–Crippen MR) is 284 cm³/mol. The van der Waals surface area contributed by atoms with E-state index in [0.29, 0.717) is 40.9 Å². The molecular formula is C61H65ClF2O8. The molecule has 0 aliphatic rings. The first kappa shape index (κ1) is 57.3. The number of phenolic OH excluding ortho intramolecular Hbond substituents is 1. The summed E-state index contributed by atoms with van der Waals surface area (Å²) in [4.78, 5) is 22.3. The fourth-order valence-corrected chi connectivity index (χ4v) is 7.90. The minimum atomic E-state index is -0.889. The number of ether oxygens (including phenoxy) is 4. The second kappa shape index (κ2) is 26.8. The van der Waals surface area contributed by atoms with Crippen molar-refractivity contribution in [3.8, 4) is 68.9 Å². The van der Waals surface area contributed by atoms with Gasteiger partial charge in [0.1, 0.15) is 41.2 Å². The van der Waals surface area contributed by atoms with Gasteiger partial charge in [-0.25, -0.2) is 8.78 Å². The summed E-state index contributed by atoms with van der Waals surface area (Å²) in [7, 11) is 4.50. The van der Waals surface area contributed by atoms with Crippen LogP contribution in [-0.4, -0.2) is 43.5 Å². The molecule has 72 heavy (non-hydrogen) atoms. The van der Waals surface area contributed by atoms with Crippen LogP contribution in [0.5, 0.6) is 23.0 Å². The second-order valence-electron chi connectivity index (χ2n) is 18.8. The summed E-state index contributed by atoms with van der Waals surface area (Å²) in [5.41, 5.74) is 8.16. The Morgan fingerprint density at radius 1 is 0.583 bits per heavy atom. The third-order valence-corrected chi connectivity index (χ3v) is 11.8. The molecule has 0 aliphatic heterocycles. The summed E-state index contributed by atoms with van der Waals surface area (Å²) in [5.74, 6) is 11.7. The van der Waals surface area contributed by atoms with Crippen molar-refractivity contribution in [1.29, 1.82) is 0 Å². The SMILES string of the molecule is CC#C[C@H](CC(=O)O)c1ccc(OCc2ccc(C(C)(C)C)c(-c3cc(OC)ccc3F)c2)cc1.CC#C[C@H](CC(=O)OC)c1ccc(O)cc1.COc1ccc(F)c(-c2cc(CCl)ccc2C(C)(C)C)c1. The van der Waals surface area contributed by atoms with Crippen molar-refractivity contribution < 1.29 is 47.5 Å². The largest absolute Gasteiger partial charge is 0.508 e. The molecule has 0 aromatic heterocycles. The van der Waals surface area contributed by atoms with Crippen molar-refractivity contribution in [2.75, 3.05) is 21.3 Å². The van der Waals surface area contributed by atoms with Gasteiger partial charge in [-0.1, -0.05) is 102 Å². The number of carbonyl (C=O) groups is 2. The Balaban J connectivity index is 0.000000258. The molecule has 6 aromatic carbocycles. The van der Waals surface area contributed by atoms with E-state index in [0.717, 1.165) is 44.5 Å². The first-order chi connectivity index (χ1) is 34.1. The number of halogens is 3. The quantitative estimate of drug-likeness (QED) is 0.0631. The van der Waals surface area contributed by atoms with Crippen LogP contribution in [0.25, 0.3) is 22.3 Å². The topological polar surface area (TPSA) is 112 Å². The number of benzene rings is 6. The van der Waals surface area contributed by atoms with Crippen LogP contribution < -0.4 is 14.2 Å². The van der Waals surface area contributed by atoms with Gasteiger partial charge < -0.3 is 29.2 Å². The molecular weight excluding hydrogens is 934 g/mol. The molecule has 6 rings (SSSR count). The van der Waals surface area contributed by atoms with Crippen molar-refractivity contribution in [3.63, 3.8) is 0 Å². The van der Waals surface area contributed by atoms with Crippen LogP contribution in [-0.2, 0) is 37.6 Å². The highest BCUT2D eigenvalue weighted by Crippen LogP contribution is 2.39. The fourth-order valence-electron chi connectivity index (χ4n) is 7.73. The van der Waals surface area contributed by atoms with Crippen LogP contribution in [0.4, 0.5) is 8.78 Å². The van der Waals surface area contributed by atoms with Crippen molar-refractivity contribution >= 4 is 23.5 Å². The summed E-state index contributed by atoms with van der Waals surface area (Å²) in [6.07, 6.45) is 0.174. The monoisotopic (exact) mass is 998 g/mol. The number of carboxylic acids is 1. The van der Waals surface area contributed by atoms with Crippen molar-refractivity contribution in [2.24, 2.45) is 0 Å². The molecule has 0 heterocycles. The first-order valence-electron chi connectivity index (χ1n) is 23.3. The second-order valence-corrected chi connectivity index (χ2v) is 19.1.